The van der Waals surface area contributed by atoms with Crippen LogP contribution >= 0.6 is 0 Å². The molecule has 7 nitrogen and oxygen atoms in total. The molecule has 1 aliphatic rings. The Morgan fingerprint density at radius 3 is 2.47 bits per heavy atom. The zero-order valence-corrected chi connectivity index (χ0v) is 17.9. The van der Waals surface area contributed by atoms with Crippen LogP contribution in [0.1, 0.15) is 41.3 Å². The van der Waals surface area contributed by atoms with Crippen LogP contribution in [-0.4, -0.2) is 55.5 Å². The number of nitrogens with one attached hydrogen (secondary N) is 1. The summed E-state index contributed by atoms with van der Waals surface area (Å²) in [6.07, 6.45) is 0.746. The van der Waals surface area contributed by atoms with Crippen molar-refractivity contribution in [3.63, 3.8) is 0 Å². The summed E-state index contributed by atoms with van der Waals surface area (Å²) in [7, 11) is 4.08. The summed E-state index contributed by atoms with van der Waals surface area (Å²) in [6, 6.07) is 9.84. The standard InChI is InChI=1S/C23H28N2O5/c1-5-29-17-10-8-16(9-11-17)20-19(21(26)18-12-7-15(2)30-18)22(27)23(28)25(20)14-6-13-24(3)4/h7-12,20,27H,5-6,13-14H2,1-4H3/p+1/t20-/m1/s1. The molecule has 0 saturated carbocycles. The van der Waals surface area contributed by atoms with E-state index in [1.165, 1.54) is 4.90 Å². The average Bonchev–Trinajstić information content (AvgIpc) is 3.25. The quantitative estimate of drug-likeness (QED) is 0.615. The lowest BCUT2D eigenvalue weighted by atomic mass is 9.95. The molecule has 3 rings (SSSR count). The number of carbonyl (C=O) groups is 2. The number of hydrogen-bond donors (Lipinski definition) is 2. The van der Waals surface area contributed by atoms with Crippen molar-refractivity contribution in [3.8, 4) is 5.75 Å². The van der Waals surface area contributed by atoms with Gasteiger partial charge in [0.15, 0.2) is 11.5 Å². The van der Waals surface area contributed by atoms with Crippen molar-refractivity contribution in [1.82, 2.24) is 4.90 Å². The molecular formula is C23H29N2O5+. The minimum Gasteiger partial charge on any atom is -0.503 e. The molecule has 1 aromatic heterocycles. The number of carbonyl (C=O) groups excluding carboxylic acids is 2. The number of amides is 1. The minimum atomic E-state index is -0.678. The van der Waals surface area contributed by atoms with E-state index in [0.29, 0.717) is 24.7 Å². The molecule has 2 heterocycles. The largest absolute Gasteiger partial charge is 0.503 e. The van der Waals surface area contributed by atoms with E-state index in [0.717, 1.165) is 18.5 Å². The molecule has 2 N–H and O–H groups in total. The second-order valence-electron chi connectivity index (χ2n) is 7.72. The highest BCUT2D eigenvalue weighted by Gasteiger charge is 2.44. The predicted octanol–water partition coefficient (Wildman–Crippen LogP) is 2.10. The zero-order chi connectivity index (χ0) is 21.8. The first-order valence-corrected chi connectivity index (χ1v) is 10.2. The Balaban J connectivity index is 1.98. The summed E-state index contributed by atoms with van der Waals surface area (Å²) < 4.78 is 11.0. The van der Waals surface area contributed by atoms with Crippen molar-refractivity contribution in [2.24, 2.45) is 0 Å². The van der Waals surface area contributed by atoms with Gasteiger partial charge in [0.1, 0.15) is 11.5 Å². The SMILES string of the molecule is CCOc1ccc([C@@H]2C(C(=O)c3ccc(C)o3)=C(O)C(=O)N2CCC[NH+](C)C)cc1. The molecule has 0 saturated heterocycles. The van der Waals surface area contributed by atoms with Crippen molar-refractivity contribution >= 4 is 11.7 Å². The number of quaternary nitrogens is 1. The molecule has 30 heavy (non-hydrogen) atoms. The van der Waals surface area contributed by atoms with Gasteiger partial charge in [-0.15, -0.1) is 0 Å². The van der Waals surface area contributed by atoms with Gasteiger partial charge in [-0.1, -0.05) is 12.1 Å². The molecule has 1 atom stereocenters. The number of aliphatic hydroxyl groups is 1. The van der Waals surface area contributed by atoms with Gasteiger partial charge in [-0.05, 0) is 43.7 Å². The lowest BCUT2D eigenvalue weighted by Gasteiger charge is -2.27. The van der Waals surface area contributed by atoms with E-state index in [-0.39, 0.29) is 11.3 Å². The topological polar surface area (TPSA) is 84.4 Å². The first-order chi connectivity index (χ1) is 14.3. The van der Waals surface area contributed by atoms with Gasteiger partial charge in [0.05, 0.1) is 38.9 Å². The summed E-state index contributed by atoms with van der Waals surface area (Å²) in [6.45, 7) is 5.48. The van der Waals surface area contributed by atoms with E-state index < -0.39 is 23.5 Å². The number of nitrogens with zero attached hydrogens (tertiary/aromatic N) is 1. The van der Waals surface area contributed by atoms with Crippen LogP contribution in [0.5, 0.6) is 5.75 Å². The predicted molar refractivity (Wildman–Crippen MR) is 112 cm³/mol. The van der Waals surface area contributed by atoms with Gasteiger partial charge in [-0.25, -0.2) is 0 Å². The third-order valence-electron chi connectivity index (χ3n) is 5.10. The number of aliphatic hydroxyl groups excluding tert-OH is 1. The Morgan fingerprint density at radius 2 is 1.90 bits per heavy atom. The Labute approximate surface area is 176 Å². The molecule has 0 radical (unpaired) electrons. The Hall–Kier alpha value is -3.06. The number of hydrogen-bond acceptors (Lipinski definition) is 5. The summed E-state index contributed by atoms with van der Waals surface area (Å²) in [5.74, 6) is -0.118. The van der Waals surface area contributed by atoms with Crippen LogP contribution < -0.4 is 9.64 Å². The van der Waals surface area contributed by atoms with E-state index in [2.05, 4.69) is 0 Å². The van der Waals surface area contributed by atoms with Crippen molar-refractivity contribution in [3.05, 3.63) is 64.8 Å². The molecule has 160 valence electrons. The van der Waals surface area contributed by atoms with Crippen molar-refractivity contribution in [2.75, 3.05) is 33.8 Å². The van der Waals surface area contributed by atoms with E-state index in [1.807, 2.05) is 33.2 Å². The number of benzene rings is 1. The van der Waals surface area contributed by atoms with E-state index >= 15 is 0 Å². The number of ether oxygens (including phenoxy) is 1. The van der Waals surface area contributed by atoms with Crippen molar-refractivity contribution in [1.29, 1.82) is 0 Å². The highest BCUT2D eigenvalue weighted by Crippen LogP contribution is 2.39. The molecule has 7 heteroatoms. The molecule has 0 aliphatic carbocycles. The molecule has 1 aliphatic heterocycles. The second-order valence-corrected chi connectivity index (χ2v) is 7.72. The number of aryl methyl sites for hydroxylation is 1. The lowest BCUT2D eigenvalue weighted by Crippen LogP contribution is -3.05. The molecule has 2 aromatic rings. The monoisotopic (exact) mass is 413 g/mol. The average molecular weight is 413 g/mol. The molecule has 0 spiro atoms. The van der Waals surface area contributed by atoms with Crippen LogP contribution in [0.15, 0.2) is 52.1 Å². The molecule has 0 unspecified atom stereocenters. The summed E-state index contributed by atoms with van der Waals surface area (Å²) in [5, 5.41) is 10.6. The normalized spacial score (nSPS) is 16.6. The third-order valence-corrected chi connectivity index (χ3v) is 5.10. The van der Waals surface area contributed by atoms with Gasteiger partial charge >= 0.3 is 0 Å². The smallest absolute Gasteiger partial charge is 0.290 e. The number of ketones is 1. The van der Waals surface area contributed by atoms with E-state index in [4.69, 9.17) is 9.15 Å². The Morgan fingerprint density at radius 1 is 1.20 bits per heavy atom. The van der Waals surface area contributed by atoms with Crippen molar-refractivity contribution < 1.29 is 28.7 Å². The third kappa shape index (κ3) is 4.41. The maximum Gasteiger partial charge on any atom is 0.290 e. The molecule has 0 bridgehead atoms. The number of furan rings is 1. The first kappa shape index (κ1) is 21.6. The van der Waals surface area contributed by atoms with Gasteiger partial charge in [0.25, 0.3) is 5.91 Å². The van der Waals surface area contributed by atoms with Crippen LogP contribution in [0.25, 0.3) is 0 Å². The van der Waals surface area contributed by atoms with Crippen LogP contribution in [0.3, 0.4) is 0 Å². The maximum atomic E-state index is 13.2. The minimum absolute atomic E-state index is 0.0516. The van der Waals surface area contributed by atoms with E-state index in [9.17, 15) is 14.7 Å². The fourth-order valence-electron chi connectivity index (χ4n) is 3.67. The van der Waals surface area contributed by atoms with Crippen LogP contribution in [0.4, 0.5) is 0 Å². The highest BCUT2D eigenvalue weighted by atomic mass is 16.5. The first-order valence-electron chi connectivity index (χ1n) is 10.2. The molecule has 0 fully saturated rings. The van der Waals surface area contributed by atoms with E-state index in [1.54, 1.807) is 36.1 Å². The fraction of sp³-hybridized carbons (Fsp3) is 0.391. The van der Waals surface area contributed by atoms with Gasteiger partial charge in [-0.3, -0.25) is 9.59 Å². The number of Topliss-reactive ketones (excluding diaryl/α,β-unsaturated/α-hetero) is 1. The van der Waals surface area contributed by atoms with Crippen LogP contribution in [0.2, 0.25) is 0 Å². The summed E-state index contributed by atoms with van der Waals surface area (Å²) >= 11 is 0. The Kier molecular flexibility index (Phi) is 6.62. The maximum absolute atomic E-state index is 13.2. The molecular weight excluding hydrogens is 384 g/mol. The lowest BCUT2D eigenvalue weighted by molar-refractivity contribution is -0.858. The highest BCUT2D eigenvalue weighted by molar-refractivity contribution is 6.15. The zero-order valence-electron chi connectivity index (χ0n) is 17.9. The van der Waals surface area contributed by atoms with Gasteiger partial charge in [0, 0.05) is 13.0 Å². The van der Waals surface area contributed by atoms with Crippen LogP contribution in [-0.2, 0) is 4.79 Å². The van der Waals surface area contributed by atoms with Crippen LogP contribution in [0, 0.1) is 6.92 Å². The number of rotatable bonds is 9. The molecule has 1 aromatic carbocycles. The molecule has 1 amide bonds. The fourth-order valence-corrected chi connectivity index (χ4v) is 3.67. The summed E-state index contributed by atoms with van der Waals surface area (Å²) in [4.78, 5) is 28.9. The van der Waals surface area contributed by atoms with Crippen molar-refractivity contribution in [2.45, 2.75) is 26.3 Å². The second kappa shape index (κ2) is 9.17. The van der Waals surface area contributed by atoms with Gasteiger partial charge in [-0.2, -0.15) is 0 Å². The van der Waals surface area contributed by atoms with Gasteiger partial charge in [0.2, 0.25) is 5.78 Å². The summed E-state index contributed by atoms with van der Waals surface area (Å²) in [5.41, 5.74) is 0.787. The van der Waals surface area contributed by atoms with Gasteiger partial charge < -0.3 is 24.1 Å². The Bertz CT molecular complexity index is 943.